The highest BCUT2D eigenvalue weighted by atomic mass is 16.5. The molecule has 0 saturated carbocycles. The second kappa shape index (κ2) is 5.77. The lowest BCUT2D eigenvalue weighted by Gasteiger charge is -2.29. The van der Waals surface area contributed by atoms with Gasteiger partial charge < -0.3 is 10.1 Å². The average molecular weight is 240 g/mol. The third kappa shape index (κ3) is 4.14. The van der Waals surface area contributed by atoms with E-state index in [-0.39, 0.29) is 17.4 Å². The molecule has 1 atom stereocenters. The largest absolute Gasteiger partial charge is 0.468 e. The summed E-state index contributed by atoms with van der Waals surface area (Å²) in [7, 11) is 1.40. The minimum Gasteiger partial charge on any atom is -0.468 e. The van der Waals surface area contributed by atoms with Crippen molar-refractivity contribution in [1.29, 1.82) is 0 Å². The number of hydrogen-bond acceptors (Lipinski definition) is 5. The van der Waals surface area contributed by atoms with E-state index in [0.717, 1.165) is 0 Å². The van der Waals surface area contributed by atoms with Gasteiger partial charge in [0, 0.05) is 6.54 Å². The molecule has 1 heterocycles. The molecule has 0 aliphatic heterocycles. The molecule has 17 heavy (non-hydrogen) atoms. The standard InChI is InChI=1S/C11H20N4O2/c1-11(2,3)9(10(16)17-4)13-5-6-15-8-12-7-14-15/h7-9,13H,5-6H2,1-4H3/t9-/m0/s1. The SMILES string of the molecule is COC(=O)[C@H](NCCn1cncn1)C(C)(C)C. The molecule has 0 amide bonds. The summed E-state index contributed by atoms with van der Waals surface area (Å²) in [6.07, 6.45) is 3.13. The molecule has 0 radical (unpaired) electrons. The number of carbonyl (C=O) groups excluding carboxylic acids is 1. The monoisotopic (exact) mass is 240 g/mol. The average Bonchev–Trinajstić information content (AvgIpc) is 2.74. The molecule has 6 nitrogen and oxygen atoms in total. The van der Waals surface area contributed by atoms with Crippen LogP contribution in [0.3, 0.4) is 0 Å². The van der Waals surface area contributed by atoms with Crippen LogP contribution in [0.1, 0.15) is 20.8 Å². The third-order valence-electron chi connectivity index (χ3n) is 2.46. The highest BCUT2D eigenvalue weighted by Crippen LogP contribution is 2.20. The van der Waals surface area contributed by atoms with Crippen LogP contribution in [0.2, 0.25) is 0 Å². The number of hydrogen-bond donors (Lipinski definition) is 1. The summed E-state index contributed by atoms with van der Waals surface area (Å²) in [5.74, 6) is -0.240. The molecule has 0 aromatic carbocycles. The number of nitrogens with zero attached hydrogens (tertiary/aromatic N) is 3. The zero-order valence-electron chi connectivity index (χ0n) is 10.8. The number of methoxy groups -OCH3 is 1. The van der Waals surface area contributed by atoms with Crippen molar-refractivity contribution in [3.05, 3.63) is 12.7 Å². The van der Waals surface area contributed by atoms with Crippen molar-refractivity contribution < 1.29 is 9.53 Å². The fourth-order valence-electron chi connectivity index (χ4n) is 1.53. The summed E-state index contributed by atoms with van der Waals surface area (Å²) >= 11 is 0. The Labute approximate surface area is 101 Å². The molecular weight excluding hydrogens is 220 g/mol. The van der Waals surface area contributed by atoms with E-state index in [1.807, 2.05) is 20.8 Å². The smallest absolute Gasteiger partial charge is 0.323 e. The zero-order valence-corrected chi connectivity index (χ0v) is 10.8. The number of esters is 1. The van der Waals surface area contributed by atoms with Crippen molar-refractivity contribution in [1.82, 2.24) is 20.1 Å². The maximum Gasteiger partial charge on any atom is 0.323 e. The van der Waals surface area contributed by atoms with Gasteiger partial charge in [0.05, 0.1) is 13.7 Å². The highest BCUT2D eigenvalue weighted by Gasteiger charge is 2.31. The fourth-order valence-corrected chi connectivity index (χ4v) is 1.53. The molecule has 1 rings (SSSR count). The summed E-state index contributed by atoms with van der Waals surface area (Å²) in [6.45, 7) is 7.30. The molecule has 96 valence electrons. The first kappa shape index (κ1) is 13.6. The quantitative estimate of drug-likeness (QED) is 0.757. The minimum absolute atomic E-state index is 0.185. The van der Waals surface area contributed by atoms with Gasteiger partial charge in [0.25, 0.3) is 0 Å². The Bertz CT molecular complexity index is 343. The Hall–Kier alpha value is -1.43. The Morgan fingerprint density at radius 1 is 1.53 bits per heavy atom. The molecule has 0 bridgehead atoms. The minimum atomic E-state index is -0.323. The van der Waals surface area contributed by atoms with Crippen LogP contribution in [0.15, 0.2) is 12.7 Å². The van der Waals surface area contributed by atoms with Gasteiger partial charge in [-0.05, 0) is 5.41 Å². The summed E-state index contributed by atoms with van der Waals surface area (Å²) in [6, 6.07) is -0.323. The molecular formula is C11H20N4O2. The van der Waals surface area contributed by atoms with E-state index in [1.165, 1.54) is 13.4 Å². The maximum absolute atomic E-state index is 11.6. The van der Waals surface area contributed by atoms with Crippen LogP contribution in [-0.4, -0.2) is 40.4 Å². The lowest BCUT2D eigenvalue weighted by Crippen LogP contribution is -2.48. The normalized spacial score (nSPS) is 13.4. The van der Waals surface area contributed by atoms with E-state index in [0.29, 0.717) is 13.1 Å². The second-order valence-corrected chi connectivity index (χ2v) is 4.93. The first-order valence-corrected chi connectivity index (χ1v) is 5.59. The lowest BCUT2D eigenvalue weighted by molar-refractivity contribution is -0.146. The van der Waals surface area contributed by atoms with Crippen molar-refractivity contribution >= 4 is 5.97 Å². The van der Waals surface area contributed by atoms with Crippen LogP contribution in [-0.2, 0) is 16.1 Å². The van der Waals surface area contributed by atoms with Crippen LogP contribution >= 0.6 is 0 Å². The summed E-state index contributed by atoms with van der Waals surface area (Å²) in [4.78, 5) is 15.5. The predicted molar refractivity (Wildman–Crippen MR) is 63.3 cm³/mol. The molecule has 1 aromatic rings. The number of ether oxygens (including phenoxy) is 1. The van der Waals surface area contributed by atoms with Gasteiger partial charge in [0.15, 0.2) is 0 Å². The third-order valence-corrected chi connectivity index (χ3v) is 2.46. The molecule has 0 fully saturated rings. The molecule has 1 aromatic heterocycles. The molecule has 0 spiro atoms. The molecule has 0 saturated heterocycles. The van der Waals surface area contributed by atoms with Gasteiger partial charge in [0.2, 0.25) is 0 Å². The fraction of sp³-hybridized carbons (Fsp3) is 0.727. The summed E-state index contributed by atoms with van der Waals surface area (Å²) in [5, 5.41) is 7.18. The van der Waals surface area contributed by atoms with Crippen molar-refractivity contribution in [2.45, 2.75) is 33.4 Å². The van der Waals surface area contributed by atoms with Gasteiger partial charge in [-0.1, -0.05) is 20.8 Å². The van der Waals surface area contributed by atoms with Gasteiger partial charge in [-0.2, -0.15) is 5.10 Å². The predicted octanol–water partition coefficient (Wildman–Crippen LogP) is 0.455. The van der Waals surface area contributed by atoms with Crippen LogP contribution < -0.4 is 5.32 Å². The maximum atomic E-state index is 11.6. The van der Waals surface area contributed by atoms with Gasteiger partial charge in [0.1, 0.15) is 18.7 Å². The summed E-state index contributed by atoms with van der Waals surface area (Å²) < 4.78 is 6.50. The topological polar surface area (TPSA) is 69.0 Å². The Morgan fingerprint density at radius 2 is 2.24 bits per heavy atom. The van der Waals surface area contributed by atoms with Crippen LogP contribution in [0.25, 0.3) is 0 Å². The molecule has 0 aliphatic rings. The Kier molecular flexibility index (Phi) is 4.62. The molecule has 0 aliphatic carbocycles. The second-order valence-electron chi connectivity index (χ2n) is 4.93. The van der Waals surface area contributed by atoms with Gasteiger partial charge in [-0.25, -0.2) is 4.98 Å². The number of rotatable bonds is 5. The first-order chi connectivity index (χ1) is 7.95. The molecule has 0 unspecified atom stereocenters. The van der Waals surface area contributed by atoms with Gasteiger partial charge in [-0.15, -0.1) is 0 Å². The Morgan fingerprint density at radius 3 is 2.71 bits per heavy atom. The van der Waals surface area contributed by atoms with Crippen LogP contribution in [0, 0.1) is 5.41 Å². The number of carbonyl (C=O) groups is 1. The van der Waals surface area contributed by atoms with E-state index in [4.69, 9.17) is 4.74 Å². The van der Waals surface area contributed by atoms with E-state index < -0.39 is 0 Å². The van der Waals surface area contributed by atoms with Crippen molar-refractivity contribution in [2.75, 3.05) is 13.7 Å². The van der Waals surface area contributed by atoms with E-state index in [2.05, 4.69) is 15.4 Å². The van der Waals surface area contributed by atoms with Crippen LogP contribution in [0.5, 0.6) is 0 Å². The van der Waals surface area contributed by atoms with Crippen molar-refractivity contribution in [2.24, 2.45) is 5.41 Å². The van der Waals surface area contributed by atoms with E-state index in [1.54, 1.807) is 11.0 Å². The number of nitrogens with one attached hydrogen (secondary N) is 1. The zero-order chi connectivity index (χ0) is 12.9. The van der Waals surface area contributed by atoms with E-state index >= 15 is 0 Å². The highest BCUT2D eigenvalue weighted by molar-refractivity contribution is 5.76. The van der Waals surface area contributed by atoms with Crippen molar-refractivity contribution in [3.8, 4) is 0 Å². The van der Waals surface area contributed by atoms with Gasteiger partial charge >= 0.3 is 5.97 Å². The lowest BCUT2D eigenvalue weighted by atomic mass is 9.87. The molecule has 6 heteroatoms. The van der Waals surface area contributed by atoms with Crippen LogP contribution in [0.4, 0.5) is 0 Å². The van der Waals surface area contributed by atoms with Gasteiger partial charge in [-0.3, -0.25) is 9.48 Å². The molecule has 1 N–H and O–H groups in total. The Balaban J connectivity index is 2.47. The van der Waals surface area contributed by atoms with Crippen molar-refractivity contribution in [3.63, 3.8) is 0 Å². The summed E-state index contributed by atoms with van der Waals surface area (Å²) in [5.41, 5.74) is -0.185. The van der Waals surface area contributed by atoms with E-state index in [9.17, 15) is 4.79 Å². The first-order valence-electron chi connectivity index (χ1n) is 5.59. The number of aromatic nitrogens is 3.